The van der Waals surface area contributed by atoms with Crippen LogP contribution in [0.1, 0.15) is 51.7 Å². The van der Waals surface area contributed by atoms with Gasteiger partial charge in [-0.25, -0.2) is 0 Å². The number of pyridine rings is 1. The molecule has 1 fully saturated rings. The normalized spacial score (nSPS) is 14.6. The summed E-state index contributed by atoms with van der Waals surface area (Å²) in [6.45, 7) is 14.0. The fourth-order valence-corrected chi connectivity index (χ4v) is 1.87. The van der Waals surface area contributed by atoms with E-state index in [9.17, 15) is 4.79 Å². The second kappa shape index (κ2) is 10.4. The van der Waals surface area contributed by atoms with Crippen LogP contribution in [0.3, 0.4) is 0 Å². The predicted octanol–water partition coefficient (Wildman–Crippen LogP) is 3.99. The van der Waals surface area contributed by atoms with Gasteiger partial charge < -0.3 is 4.90 Å². The predicted molar refractivity (Wildman–Crippen MR) is 85.7 cm³/mol. The van der Waals surface area contributed by atoms with E-state index in [1.807, 2.05) is 37.2 Å². The molecule has 2 heterocycles. The van der Waals surface area contributed by atoms with E-state index in [1.165, 1.54) is 24.0 Å². The molecule has 1 aliphatic rings. The third-order valence-corrected chi connectivity index (χ3v) is 3.53. The maximum Gasteiger partial charge on any atom is 0.219 e. The molecule has 0 saturated carbocycles. The smallest absolute Gasteiger partial charge is 0.219 e. The first-order valence-corrected chi connectivity index (χ1v) is 7.63. The number of hydrogen-bond donors (Lipinski definition) is 0. The molecule has 0 unspecified atom stereocenters. The average molecular weight is 278 g/mol. The van der Waals surface area contributed by atoms with Crippen molar-refractivity contribution >= 4 is 5.91 Å². The lowest BCUT2D eigenvalue weighted by Crippen LogP contribution is -2.36. The van der Waals surface area contributed by atoms with Crippen LogP contribution in [-0.4, -0.2) is 28.9 Å². The summed E-state index contributed by atoms with van der Waals surface area (Å²) in [5.41, 5.74) is 2.56. The Morgan fingerprint density at radius 2 is 1.75 bits per heavy atom. The highest BCUT2D eigenvalue weighted by Gasteiger charge is 2.16. The van der Waals surface area contributed by atoms with Gasteiger partial charge in [0, 0.05) is 32.4 Å². The van der Waals surface area contributed by atoms with Crippen LogP contribution in [0.15, 0.2) is 18.5 Å². The molecule has 0 radical (unpaired) electrons. The first-order valence-electron chi connectivity index (χ1n) is 7.63. The first-order chi connectivity index (χ1) is 9.50. The number of aryl methyl sites for hydroxylation is 2. The van der Waals surface area contributed by atoms with E-state index in [2.05, 4.69) is 25.8 Å². The number of aromatic nitrogens is 1. The molecule has 1 aromatic heterocycles. The van der Waals surface area contributed by atoms with Crippen molar-refractivity contribution in [3.8, 4) is 0 Å². The summed E-state index contributed by atoms with van der Waals surface area (Å²) in [4.78, 5) is 16.7. The van der Waals surface area contributed by atoms with Gasteiger partial charge in [0.25, 0.3) is 0 Å². The highest BCUT2D eigenvalue weighted by Crippen LogP contribution is 2.15. The van der Waals surface area contributed by atoms with Gasteiger partial charge in [-0.1, -0.05) is 20.8 Å². The van der Waals surface area contributed by atoms with Crippen LogP contribution >= 0.6 is 0 Å². The van der Waals surface area contributed by atoms with E-state index in [1.54, 1.807) is 6.92 Å². The van der Waals surface area contributed by atoms with Crippen molar-refractivity contribution in [2.75, 3.05) is 13.1 Å². The molecule has 0 N–H and O–H groups in total. The molecule has 1 aliphatic heterocycles. The summed E-state index contributed by atoms with van der Waals surface area (Å²) in [7, 11) is 0. The molecule has 3 nitrogen and oxygen atoms in total. The van der Waals surface area contributed by atoms with E-state index in [0.29, 0.717) is 0 Å². The molecule has 0 aliphatic carbocycles. The van der Waals surface area contributed by atoms with Crippen molar-refractivity contribution in [2.24, 2.45) is 5.92 Å². The molecule has 20 heavy (non-hydrogen) atoms. The van der Waals surface area contributed by atoms with Gasteiger partial charge in [0.05, 0.1) is 0 Å². The lowest BCUT2D eigenvalue weighted by Gasteiger charge is -2.29. The molecule has 1 saturated heterocycles. The Morgan fingerprint density at radius 1 is 1.20 bits per heavy atom. The molecular weight excluding hydrogens is 248 g/mol. The highest BCUT2D eigenvalue weighted by atomic mass is 16.2. The minimum Gasteiger partial charge on any atom is -0.343 e. The number of hydrogen-bond acceptors (Lipinski definition) is 2. The SMILES string of the molecule is CC.CC(=O)N1CCC(C)CC1.Cc1ccncc1C. The van der Waals surface area contributed by atoms with Crippen LogP contribution in [0.4, 0.5) is 0 Å². The van der Waals surface area contributed by atoms with E-state index < -0.39 is 0 Å². The number of rotatable bonds is 0. The number of nitrogens with zero attached hydrogens (tertiary/aromatic N) is 2. The van der Waals surface area contributed by atoms with Gasteiger partial charge in [-0.05, 0) is 49.8 Å². The molecule has 1 aromatic rings. The Morgan fingerprint density at radius 3 is 2.10 bits per heavy atom. The van der Waals surface area contributed by atoms with Crippen LogP contribution in [-0.2, 0) is 4.79 Å². The Labute approximate surface area is 124 Å². The van der Waals surface area contributed by atoms with Crippen LogP contribution < -0.4 is 0 Å². The molecule has 0 aromatic carbocycles. The standard InChI is InChI=1S/C8H15NO.C7H9N.C2H6/c1-7-3-5-9(6-4-7)8(2)10;1-6-3-4-8-5-7(6)2;1-2/h7H,3-6H2,1-2H3;3-5H,1-2H3;1-2H3. The maximum atomic E-state index is 10.8. The summed E-state index contributed by atoms with van der Waals surface area (Å²) < 4.78 is 0. The van der Waals surface area contributed by atoms with Crippen molar-refractivity contribution < 1.29 is 4.79 Å². The summed E-state index contributed by atoms with van der Waals surface area (Å²) in [6, 6.07) is 2.01. The zero-order valence-corrected chi connectivity index (χ0v) is 13.9. The quantitative estimate of drug-likeness (QED) is 0.719. The monoisotopic (exact) mass is 278 g/mol. The summed E-state index contributed by atoms with van der Waals surface area (Å²) in [5.74, 6) is 1.04. The van der Waals surface area contributed by atoms with Crippen LogP contribution in [0.25, 0.3) is 0 Å². The van der Waals surface area contributed by atoms with Gasteiger partial charge in [-0.15, -0.1) is 0 Å². The van der Waals surface area contributed by atoms with Gasteiger partial charge in [0.15, 0.2) is 0 Å². The molecule has 0 spiro atoms. The largest absolute Gasteiger partial charge is 0.343 e. The molecular formula is C17H30N2O. The molecule has 0 bridgehead atoms. The second-order valence-corrected chi connectivity index (χ2v) is 5.15. The zero-order valence-electron chi connectivity index (χ0n) is 13.9. The van der Waals surface area contributed by atoms with Crippen molar-refractivity contribution in [3.05, 3.63) is 29.6 Å². The summed E-state index contributed by atoms with van der Waals surface area (Å²) in [5, 5.41) is 0. The van der Waals surface area contributed by atoms with E-state index in [-0.39, 0.29) is 5.91 Å². The Hall–Kier alpha value is -1.38. The average Bonchev–Trinajstić information content (AvgIpc) is 2.45. The van der Waals surface area contributed by atoms with Gasteiger partial charge in [0.2, 0.25) is 5.91 Å². The van der Waals surface area contributed by atoms with Gasteiger partial charge in [0.1, 0.15) is 0 Å². The summed E-state index contributed by atoms with van der Waals surface area (Å²) >= 11 is 0. The minimum atomic E-state index is 0.229. The Bertz CT molecular complexity index is 361. The number of carbonyl (C=O) groups is 1. The van der Waals surface area contributed by atoms with Crippen molar-refractivity contribution in [2.45, 2.75) is 54.4 Å². The third-order valence-electron chi connectivity index (χ3n) is 3.53. The van der Waals surface area contributed by atoms with Crippen LogP contribution in [0.2, 0.25) is 0 Å². The van der Waals surface area contributed by atoms with Gasteiger partial charge in [-0.2, -0.15) is 0 Å². The van der Waals surface area contributed by atoms with Gasteiger partial charge in [-0.3, -0.25) is 9.78 Å². The van der Waals surface area contributed by atoms with Crippen molar-refractivity contribution in [1.29, 1.82) is 0 Å². The number of likely N-dealkylation sites (tertiary alicyclic amines) is 1. The van der Waals surface area contributed by atoms with E-state index in [4.69, 9.17) is 0 Å². The van der Waals surface area contributed by atoms with Crippen molar-refractivity contribution in [3.63, 3.8) is 0 Å². The highest BCUT2D eigenvalue weighted by molar-refractivity contribution is 5.73. The number of carbonyl (C=O) groups excluding carboxylic acids is 1. The van der Waals surface area contributed by atoms with E-state index >= 15 is 0 Å². The fourth-order valence-electron chi connectivity index (χ4n) is 1.87. The fraction of sp³-hybridized carbons (Fsp3) is 0.647. The molecule has 2 rings (SSSR count). The second-order valence-electron chi connectivity index (χ2n) is 5.15. The maximum absolute atomic E-state index is 10.8. The van der Waals surface area contributed by atoms with E-state index in [0.717, 1.165) is 19.0 Å². The van der Waals surface area contributed by atoms with Crippen LogP contribution in [0.5, 0.6) is 0 Å². The molecule has 0 atom stereocenters. The Kier molecular flexibility index (Phi) is 9.69. The summed E-state index contributed by atoms with van der Waals surface area (Å²) in [6.07, 6.45) is 6.04. The van der Waals surface area contributed by atoms with Gasteiger partial charge >= 0.3 is 0 Å². The molecule has 1 amide bonds. The Balaban J connectivity index is 0.000000327. The first kappa shape index (κ1) is 18.6. The zero-order chi connectivity index (χ0) is 15.5. The lowest BCUT2D eigenvalue weighted by molar-refractivity contribution is -0.130. The number of amides is 1. The topological polar surface area (TPSA) is 33.2 Å². The van der Waals surface area contributed by atoms with Crippen molar-refractivity contribution in [1.82, 2.24) is 9.88 Å². The number of piperidine rings is 1. The lowest BCUT2D eigenvalue weighted by atomic mass is 9.99. The minimum absolute atomic E-state index is 0.229. The van der Waals surface area contributed by atoms with Crippen LogP contribution in [0, 0.1) is 19.8 Å². The third kappa shape index (κ3) is 7.27. The molecule has 114 valence electrons. The molecule has 3 heteroatoms.